The number of carbonyl (C=O) groups is 1. The first-order valence-corrected chi connectivity index (χ1v) is 5.22. The maximum atomic E-state index is 11.8. The molecule has 0 saturated heterocycles. The number of aliphatic hydroxyl groups excluding tert-OH is 1. The molecule has 3 nitrogen and oxygen atoms in total. The molecule has 0 saturated carbocycles. The van der Waals surface area contributed by atoms with E-state index in [0.29, 0.717) is 18.7 Å². The summed E-state index contributed by atoms with van der Waals surface area (Å²) < 4.78 is 0. The molecule has 0 aromatic heterocycles. The zero-order valence-electron chi connectivity index (χ0n) is 9.68. The van der Waals surface area contributed by atoms with Gasteiger partial charge in [0, 0.05) is 13.1 Å². The third-order valence-electron chi connectivity index (χ3n) is 2.42. The van der Waals surface area contributed by atoms with E-state index < -0.39 is 6.10 Å². The molecule has 0 spiro atoms. The number of likely N-dealkylation sites (N-methyl/N-ethyl adjacent to an activating group) is 1. The molecule has 0 fully saturated rings. The Morgan fingerprint density at radius 1 is 1.25 bits per heavy atom. The lowest BCUT2D eigenvalue weighted by Gasteiger charge is -2.22. The third-order valence-corrected chi connectivity index (χ3v) is 2.42. The average molecular weight is 241 g/mol. The van der Waals surface area contributed by atoms with Crippen molar-refractivity contribution in [3.63, 3.8) is 0 Å². The van der Waals surface area contributed by atoms with Crippen LogP contribution in [0.4, 0.5) is 0 Å². The molecule has 1 aromatic carbocycles. The Balaban J connectivity index is 0.00000225. The second-order valence-electron chi connectivity index (χ2n) is 3.32. The summed E-state index contributed by atoms with van der Waals surface area (Å²) in [6.45, 7) is 5.05. The van der Waals surface area contributed by atoms with Crippen molar-refractivity contribution in [1.29, 1.82) is 0 Å². The molecule has 1 N–H and O–H groups in total. The van der Waals surface area contributed by atoms with Crippen molar-refractivity contribution in [3.8, 4) is 0 Å². The zero-order chi connectivity index (χ0) is 11.3. The quantitative estimate of drug-likeness (QED) is 0.871. The molecule has 90 valence electrons. The van der Waals surface area contributed by atoms with E-state index >= 15 is 0 Å². The highest BCUT2D eigenvalue weighted by Gasteiger charge is 2.21. The molecular weight excluding hydrogens is 222 g/mol. The van der Waals surface area contributed by atoms with E-state index in [1.54, 1.807) is 17.0 Å². The van der Waals surface area contributed by atoms with Gasteiger partial charge in [0.25, 0.3) is 5.91 Å². The van der Waals surface area contributed by atoms with Crippen LogP contribution in [0, 0.1) is 0 Å². The first-order valence-electron chi connectivity index (χ1n) is 5.22. The van der Waals surface area contributed by atoms with Crippen LogP contribution in [0.1, 0.15) is 25.5 Å². The standard InChI is InChI=1S/C12H17NO2.H2S/c1-3-13(4-2)12(15)11(14)10-8-6-5-7-9-10;/h5-9,11,14H,3-4H2,1-2H3;1H2/t11-;/m0./s1. The summed E-state index contributed by atoms with van der Waals surface area (Å²) in [6.07, 6.45) is -1.04. The summed E-state index contributed by atoms with van der Waals surface area (Å²) in [5.74, 6) is -0.230. The molecule has 1 aromatic rings. The van der Waals surface area contributed by atoms with Crippen LogP contribution in [-0.2, 0) is 4.79 Å². The van der Waals surface area contributed by atoms with E-state index in [2.05, 4.69) is 0 Å². The molecule has 0 radical (unpaired) electrons. The maximum Gasteiger partial charge on any atom is 0.256 e. The van der Waals surface area contributed by atoms with Gasteiger partial charge in [0.1, 0.15) is 0 Å². The molecule has 0 heterocycles. The van der Waals surface area contributed by atoms with Gasteiger partial charge in [0.05, 0.1) is 0 Å². The largest absolute Gasteiger partial charge is 0.378 e. The van der Waals surface area contributed by atoms with E-state index in [1.807, 2.05) is 32.0 Å². The van der Waals surface area contributed by atoms with Crippen LogP contribution in [-0.4, -0.2) is 29.0 Å². The summed E-state index contributed by atoms with van der Waals surface area (Å²) in [5, 5.41) is 9.83. The Kier molecular flexibility index (Phi) is 6.85. The smallest absolute Gasteiger partial charge is 0.256 e. The van der Waals surface area contributed by atoms with E-state index in [9.17, 15) is 9.90 Å². The predicted octanol–water partition coefficient (Wildman–Crippen LogP) is 1.70. The van der Waals surface area contributed by atoms with Crippen molar-refractivity contribution in [2.75, 3.05) is 13.1 Å². The van der Waals surface area contributed by atoms with Gasteiger partial charge >= 0.3 is 0 Å². The Bertz CT molecular complexity index is 312. The fourth-order valence-corrected chi connectivity index (χ4v) is 1.49. The van der Waals surface area contributed by atoms with Crippen molar-refractivity contribution >= 4 is 19.4 Å². The van der Waals surface area contributed by atoms with Crippen LogP contribution in [0.5, 0.6) is 0 Å². The van der Waals surface area contributed by atoms with Gasteiger partial charge < -0.3 is 10.0 Å². The number of carbonyl (C=O) groups excluding carboxylic acids is 1. The lowest BCUT2D eigenvalue weighted by molar-refractivity contribution is -0.140. The van der Waals surface area contributed by atoms with Crippen LogP contribution < -0.4 is 0 Å². The van der Waals surface area contributed by atoms with Gasteiger partial charge in [-0.1, -0.05) is 30.3 Å². The third kappa shape index (κ3) is 3.54. The van der Waals surface area contributed by atoms with Crippen LogP contribution in [0.3, 0.4) is 0 Å². The first-order chi connectivity index (χ1) is 7.20. The number of hydrogen-bond acceptors (Lipinski definition) is 2. The van der Waals surface area contributed by atoms with Crippen LogP contribution in [0.2, 0.25) is 0 Å². The van der Waals surface area contributed by atoms with Crippen molar-refractivity contribution in [1.82, 2.24) is 4.90 Å². The van der Waals surface area contributed by atoms with Gasteiger partial charge in [0.15, 0.2) is 6.10 Å². The molecule has 0 aliphatic heterocycles. The SMILES string of the molecule is CCN(CC)C(=O)[C@@H](O)c1ccccc1.S. The lowest BCUT2D eigenvalue weighted by atomic mass is 10.1. The van der Waals surface area contributed by atoms with Crippen LogP contribution in [0.15, 0.2) is 30.3 Å². The molecule has 0 aliphatic rings. The summed E-state index contributed by atoms with van der Waals surface area (Å²) in [6, 6.07) is 9.00. The minimum Gasteiger partial charge on any atom is -0.378 e. The molecule has 0 aliphatic carbocycles. The summed E-state index contributed by atoms with van der Waals surface area (Å²) in [4.78, 5) is 13.4. The topological polar surface area (TPSA) is 40.5 Å². The summed E-state index contributed by atoms with van der Waals surface area (Å²) >= 11 is 0. The molecular formula is C12H19NO2S. The number of hydrogen-bond donors (Lipinski definition) is 1. The minimum absolute atomic E-state index is 0. The van der Waals surface area contributed by atoms with Gasteiger partial charge in [-0.2, -0.15) is 13.5 Å². The maximum absolute atomic E-state index is 11.8. The van der Waals surface area contributed by atoms with Gasteiger partial charge in [0.2, 0.25) is 0 Å². The average Bonchev–Trinajstić information content (AvgIpc) is 2.30. The normalized spacial score (nSPS) is 11.4. The number of nitrogens with zero attached hydrogens (tertiary/aromatic N) is 1. The zero-order valence-corrected chi connectivity index (χ0v) is 10.7. The highest BCUT2D eigenvalue weighted by atomic mass is 32.1. The first kappa shape index (κ1) is 15.0. The van der Waals surface area contributed by atoms with E-state index in [4.69, 9.17) is 0 Å². The van der Waals surface area contributed by atoms with Gasteiger partial charge in [-0.15, -0.1) is 0 Å². The molecule has 16 heavy (non-hydrogen) atoms. The number of rotatable bonds is 4. The Labute approximate surface area is 104 Å². The minimum atomic E-state index is -1.04. The van der Waals surface area contributed by atoms with E-state index in [0.717, 1.165) is 0 Å². The molecule has 4 heteroatoms. The molecule has 1 rings (SSSR count). The number of aliphatic hydroxyl groups is 1. The second-order valence-corrected chi connectivity index (χ2v) is 3.32. The van der Waals surface area contributed by atoms with Crippen LogP contribution in [0.25, 0.3) is 0 Å². The molecule has 1 atom stereocenters. The fraction of sp³-hybridized carbons (Fsp3) is 0.417. The lowest BCUT2D eigenvalue weighted by Crippen LogP contribution is -2.34. The van der Waals surface area contributed by atoms with Crippen LogP contribution >= 0.6 is 13.5 Å². The van der Waals surface area contributed by atoms with Gasteiger partial charge in [-0.25, -0.2) is 0 Å². The highest BCUT2D eigenvalue weighted by molar-refractivity contribution is 7.59. The Hall–Kier alpha value is -1.00. The number of benzene rings is 1. The highest BCUT2D eigenvalue weighted by Crippen LogP contribution is 2.14. The van der Waals surface area contributed by atoms with E-state index in [-0.39, 0.29) is 19.4 Å². The van der Waals surface area contributed by atoms with Crippen molar-refractivity contribution < 1.29 is 9.90 Å². The fourth-order valence-electron chi connectivity index (χ4n) is 1.49. The number of amides is 1. The van der Waals surface area contributed by atoms with Gasteiger partial charge in [-0.3, -0.25) is 4.79 Å². The van der Waals surface area contributed by atoms with Crippen molar-refractivity contribution in [3.05, 3.63) is 35.9 Å². The summed E-state index contributed by atoms with van der Waals surface area (Å²) in [5.41, 5.74) is 0.648. The molecule has 0 bridgehead atoms. The van der Waals surface area contributed by atoms with E-state index in [1.165, 1.54) is 0 Å². The second kappa shape index (κ2) is 7.30. The van der Waals surface area contributed by atoms with Gasteiger partial charge in [-0.05, 0) is 19.4 Å². The predicted molar refractivity (Wildman–Crippen MR) is 69.7 cm³/mol. The molecule has 0 unspecified atom stereocenters. The van der Waals surface area contributed by atoms with Crippen molar-refractivity contribution in [2.45, 2.75) is 20.0 Å². The molecule has 1 amide bonds. The Morgan fingerprint density at radius 2 is 1.75 bits per heavy atom. The summed E-state index contributed by atoms with van der Waals surface area (Å²) in [7, 11) is 0. The monoisotopic (exact) mass is 241 g/mol. The van der Waals surface area contributed by atoms with Crippen molar-refractivity contribution in [2.24, 2.45) is 0 Å². The Morgan fingerprint density at radius 3 is 2.19 bits per heavy atom.